The van der Waals surface area contributed by atoms with E-state index in [-0.39, 0.29) is 11.1 Å². The number of nitro groups is 1. The number of nitro benzene ring substituents is 1. The van der Waals surface area contributed by atoms with E-state index in [1.165, 1.54) is 19.2 Å². The fourth-order valence-corrected chi connectivity index (χ4v) is 1.92. The van der Waals surface area contributed by atoms with E-state index in [1.54, 1.807) is 6.07 Å². The molecule has 2 N–H and O–H groups in total. The standard InChI is InChI=1S/C14H22N2O4/c1-14(2,3)8-12(17)9-15-10-5-11(16(18)19)7-13(6-10)20-4/h5-7,12,15,17H,8-9H2,1-4H3. The first-order valence-electron chi connectivity index (χ1n) is 6.46. The van der Waals surface area contributed by atoms with E-state index in [9.17, 15) is 15.2 Å². The molecule has 0 saturated heterocycles. The van der Waals surface area contributed by atoms with Gasteiger partial charge in [-0.2, -0.15) is 0 Å². The first-order valence-corrected chi connectivity index (χ1v) is 6.46. The number of aliphatic hydroxyl groups is 1. The minimum absolute atomic E-state index is 0.0292. The number of aliphatic hydroxyl groups excluding tert-OH is 1. The summed E-state index contributed by atoms with van der Waals surface area (Å²) in [6.45, 7) is 6.48. The van der Waals surface area contributed by atoms with Gasteiger partial charge >= 0.3 is 0 Å². The van der Waals surface area contributed by atoms with Crippen molar-refractivity contribution in [3.63, 3.8) is 0 Å². The van der Waals surface area contributed by atoms with Crippen molar-refractivity contribution in [2.75, 3.05) is 19.0 Å². The molecule has 0 aliphatic carbocycles. The average molecular weight is 282 g/mol. The van der Waals surface area contributed by atoms with E-state index >= 15 is 0 Å². The highest BCUT2D eigenvalue weighted by Crippen LogP contribution is 2.26. The number of ether oxygens (including phenoxy) is 1. The number of anilines is 1. The van der Waals surface area contributed by atoms with Crippen LogP contribution in [0.5, 0.6) is 5.75 Å². The first-order chi connectivity index (χ1) is 9.21. The summed E-state index contributed by atoms with van der Waals surface area (Å²) in [7, 11) is 1.46. The zero-order valence-electron chi connectivity index (χ0n) is 12.3. The third kappa shape index (κ3) is 5.44. The average Bonchev–Trinajstić information content (AvgIpc) is 2.33. The van der Waals surface area contributed by atoms with Crippen LogP contribution in [0.3, 0.4) is 0 Å². The molecule has 6 heteroatoms. The van der Waals surface area contributed by atoms with Gasteiger partial charge in [-0.15, -0.1) is 0 Å². The van der Waals surface area contributed by atoms with Gasteiger partial charge in [-0.25, -0.2) is 0 Å². The Morgan fingerprint density at radius 3 is 2.55 bits per heavy atom. The normalized spacial score (nSPS) is 12.8. The number of rotatable bonds is 6. The first kappa shape index (κ1) is 16.2. The number of benzene rings is 1. The molecule has 0 amide bonds. The number of non-ortho nitro benzene ring substituents is 1. The molecule has 0 aliphatic rings. The molecular weight excluding hydrogens is 260 g/mol. The Bertz CT molecular complexity index is 469. The zero-order valence-corrected chi connectivity index (χ0v) is 12.3. The molecule has 1 unspecified atom stereocenters. The summed E-state index contributed by atoms with van der Waals surface area (Å²) in [5.41, 5.74) is 0.544. The molecule has 0 radical (unpaired) electrons. The third-order valence-corrected chi connectivity index (χ3v) is 2.73. The maximum absolute atomic E-state index is 10.8. The van der Waals surface area contributed by atoms with Crippen molar-refractivity contribution in [2.24, 2.45) is 5.41 Å². The second kappa shape index (κ2) is 6.56. The van der Waals surface area contributed by atoms with Gasteiger partial charge in [-0.1, -0.05) is 20.8 Å². The maximum atomic E-state index is 10.8. The molecule has 0 heterocycles. The molecule has 1 atom stereocenters. The van der Waals surface area contributed by atoms with Crippen molar-refractivity contribution in [1.29, 1.82) is 0 Å². The lowest BCUT2D eigenvalue weighted by atomic mass is 9.89. The number of methoxy groups -OCH3 is 1. The van der Waals surface area contributed by atoms with Gasteiger partial charge < -0.3 is 15.2 Å². The van der Waals surface area contributed by atoms with Crippen LogP contribution in [-0.2, 0) is 0 Å². The van der Waals surface area contributed by atoms with Crippen LogP contribution in [0.4, 0.5) is 11.4 Å². The highest BCUT2D eigenvalue weighted by atomic mass is 16.6. The van der Waals surface area contributed by atoms with Crippen LogP contribution >= 0.6 is 0 Å². The van der Waals surface area contributed by atoms with Gasteiger partial charge in [0.05, 0.1) is 24.2 Å². The lowest BCUT2D eigenvalue weighted by molar-refractivity contribution is -0.384. The monoisotopic (exact) mass is 282 g/mol. The van der Waals surface area contributed by atoms with Gasteiger partial charge in [0.2, 0.25) is 0 Å². The fourth-order valence-electron chi connectivity index (χ4n) is 1.92. The zero-order chi connectivity index (χ0) is 15.3. The molecule has 0 spiro atoms. The topological polar surface area (TPSA) is 84.6 Å². The summed E-state index contributed by atoms with van der Waals surface area (Å²) < 4.78 is 5.03. The molecule has 0 aromatic heterocycles. The van der Waals surface area contributed by atoms with Crippen molar-refractivity contribution in [3.8, 4) is 5.75 Å². The van der Waals surface area contributed by atoms with Gasteiger partial charge in [-0.3, -0.25) is 10.1 Å². The number of hydrogen-bond donors (Lipinski definition) is 2. The van der Waals surface area contributed by atoms with Gasteiger partial charge in [0.25, 0.3) is 5.69 Å². The van der Waals surface area contributed by atoms with Crippen LogP contribution in [-0.4, -0.2) is 29.8 Å². The number of nitrogens with zero attached hydrogens (tertiary/aromatic N) is 1. The van der Waals surface area contributed by atoms with E-state index in [0.29, 0.717) is 24.4 Å². The van der Waals surface area contributed by atoms with Gasteiger partial charge in [-0.05, 0) is 11.8 Å². The number of hydrogen-bond acceptors (Lipinski definition) is 5. The van der Waals surface area contributed by atoms with E-state index < -0.39 is 11.0 Å². The van der Waals surface area contributed by atoms with Crippen molar-refractivity contribution in [3.05, 3.63) is 28.3 Å². The summed E-state index contributed by atoms with van der Waals surface area (Å²) in [6.07, 6.45) is 0.131. The molecule has 1 aromatic rings. The number of nitrogens with one attached hydrogen (secondary N) is 1. The summed E-state index contributed by atoms with van der Waals surface area (Å²) in [4.78, 5) is 10.3. The van der Waals surface area contributed by atoms with Gasteiger partial charge in [0.1, 0.15) is 5.75 Å². The molecule has 0 saturated carbocycles. The molecular formula is C14H22N2O4. The highest BCUT2D eigenvalue weighted by Gasteiger charge is 2.17. The van der Waals surface area contributed by atoms with Crippen LogP contribution in [0.25, 0.3) is 0 Å². The van der Waals surface area contributed by atoms with Gasteiger partial charge in [0.15, 0.2) is 0 Å². The van der Waals surface area contributed by atoms with E-state index in [2.05, 4.69) is 5.32 Å². The predicted octanol–water partition coefficient (Wildman–Crippen LogP) is 2.81. The van der Waals surface area contributed by atoms with Gasteiger partial charge in [0, 0.05) is 24.4 Å². The predicted molar refractivity (Wildman–Crippen MR) is 78.2 cm³/mol. The Hall–Kier alpha value is -1.82. The molecule has 20 heavy (non-hydrogen) atoms. The van der Waals surface area contributed by atoms with E-state index in [1.807, 2.05) is 20.8 Å². The molecule has 1 aromatic carbocycles. The summed E-state index contributed by atoms with van der Waals surface area (Å²) in [6, 6.07) is 4.44. The fraction of sp³-hybridized carbons (Fsp3) is 0.571. The van der Waals surface area contributed by atoms with Crippen LogP contribution in [0, 0.1) is 15.5 Å². The van der Waals surface area contributed by atoms with Crippen LogP contribution in [0.1, 0.15) is 27.2 Å². The Balaban J connectivity index is 2.72. The van der Waals surface area contributed by atoms with E-state index in [0.717, 1.165) is 0 Å². The largest absolute Gasteiger partial charge is 0.496 e. The molecule has 0 bridgehead atoms. The molecule has 1 rings (SSSR count). The Labute approximate surface area is 118 Å². The molecule has 0 fully saturated rings. The summed E-state index contributed by atoms with van der Waals surface area (Å²) in [5.74, 6) is 0.409. The SMILES string of the molecule is COc1cc(NCC(O)CC(C)(C)C)cc([N+](=O)[O-])c1. The molecule has 112 valence electrons. The summed E-state index contributed by atoms with van der Waals surface area (Å²) in [5, 5.41) is 23.7. The lowest BCUT2D eigenvalue weighted by Crippen LogP contribution is -2.25. The maximum Gasteiger partial charge on any atom is 0.275 e. The summed E-state index contributed by atoms with van der Waals surface area (Å²) >= 11 is 0. The Morgan fingerprint density at radius 1 is 1.40 bits per heavy atom. The van der Waals surface area contributed by atoms with E-state index in [4.69, 9.17) is 4.74 Å². The quantitative estimate of drug-likeness (QED) is 0.619. The van der Waals surface area contributed by atoms with Crippen LogP contribution in [0.2, 0.25) is 0 Å². The minimum Gasteiger partial charge on any atom is -0.496 e. The smallest absolute Gasteiger partial charge is 0.275 e. The van der Waals surface area contributed by atoms with Crippen LogP contribution in [0.15, 0.2) is 18.2 Å². The molecule has 6 nitrogen and oxygen atoms in total. The van der Waals surface area contributed by atoms with Crippen molar-refractivity contribution in [2.45, 2.75) is 33.3 Å². The minimum atomic E-state index is -0.514. The highest BCUT2D eigenvalue weighted by molar-refractivity contribution is 5.56. The third-order valence-electron chi connectivity index (χ3n) is 2.73. The Morgan fingerprint density at radius 2 is 2.05 bits per heavy atom. The van der Waals surface area contributed by atoms with Crippen molar-refractivity contribution < 1.29 is 14.8 Å². The Kier molecular flexibility index (Phi) is 5.33. The second-order valence-corrected chi connectivity index (χ2v) is 5.98. The van der Waals surface area contributed by atoms with Crippen molar-refractivity contribution in [1.82, 2.24) is 0 Å². The second-order valence-electron chi connectivity index (χ2n) is 5.98. The van der Waals surface area contributed by atoms with Crippen LogP contribution < -0.4 is 10.1 Å². The van der Waals surface area contributed by atoms with Crippen molar-refractivity contribution >= 4 is 11.4 Å². The lowest BCUT2D eigenvalue weighted by Gasteiger charge is -2.22. The molecule has 0 aliphatic heterocycles.